The van der Waals surface area contributed by atoms with Crippen molar-refractivity contribution in [3.05, 3.63) is 24.4 Å². The maximum Gasteiger partial charge on any atom is 0.410 e. The fourth-order valence-electron chi connectivity index (χ4n) is 2.80. The fraction of sp³-hybridized carbons (Fsp3) is 0.647. The molecule has 5 nitrogen and oxygen atoms in total. The molecule has 0 spiro atoms. The van der Waals surface area contributed by atoms with Crippen molar-refractivity contribution in [3.8, 4) is 0 Å². The van der Waals surface area contributed by atoms with Gasteiger partial charge in [-0.1, -0.05) is 12.2 Å². The van der Waals surface area contributed by atoms with Gasteiger partial charge < -0.3 is 15.0 Å². The Balaban J connectivity index is 1.89. The van der Waals surface area contributed by atoms with Crippen molar-refractivity contribution in [1.82, 2.24) is 10.2 Å². The molecule has 22 heavy (non-hydrogen) atoms. The van der Waals surface area contributed by atoms with Gasteiger partial charge >= 0.3 is 6.09 Å². The van der Waals surface area contributed by atoms with Crippen LogP contribution in [0, 0.1) is 5.92 Å². The minimum atomic E-state index is -0.631. The molecular formula is C17H26N2O3. The zero-order chi connectivity index (χ0) is 16.4. The number of hydrogen-bond donors (Lipinski definition) is 1. The number of rotatable bonds is 2. The van der Waals surface area contributed by atoms with E-state index in [-0.39, 0.29) is 17.8 Å². The van der Waals surface area contributed by atoms with E-state index in [2.05, 4.69) is 5.32 Å². The first-order valence-corrected chi connectivity index (χ1v) is 7.86. The number of Topliss-reactive ketones (excluding diaryl/α,β-unsaturated/α-hetero) is 1. The lowest BCUT2D eigenvalue weighted by molar-refractivity contribution is -0.128. The summed E-state index contributed by atoms with van der Waals surface area (Å²) in [5.74, 6) is 0.171. The van der Waals surface area contributed by atoms with Crippen LogP contribution in [0.15, 0.2) is 24.4 Å². The van der Waals surface area contributed by atoms with Crippen LogP contribution in [0.25, 0.3) is 0 Å². The van der Waals surface area contributed by atoms with Crippen LogP contribution in [0.5, 0.6) is 0 Å². The summed E-state index contributed by atoms with van der Waals surface area (Å²) in [5, 5.41) is 3.14. The predicted molar refractivity (Wildman–Crippen MR) is 85.4 cm³/mol. The Morgan fingerprint density at radius 2 is 1.86 bits per heavy atom. The maximum atomic E-state index is 12.7. The topological polar surface area (TPSA) is 58.6 Å². The van der Waals surface area contributed by atoms with Crippen molar-refractivity contribution in [1.29, 1.82) is 0 Å². The van der Waals surface area contributed by atoms with E-state index in [1.54, 1.807) is 11.1 Å². The quantitative estimate of drug-likeness (QED) is 0.852. The van der Waals surface area contributed by atoms with E-state index in [4.69, 9.17) is 4.74 Å². The van der Waals surface area contributed by atoms with Gasteiger partial charge in [-0.15, -0.1) is 0 Å². The van der Waals surface area contributed by atoms with Crippen LogP contribution in [0.3, 0.4) is 0 Å². The summed E-state index contributed by atoms with van der Waals surface area (Å²) in [6.07, 6.45) is 8.55. The normalized spacial score (nSPS) is 25.7. The van der Waals surface area contributed by atoms with E-state index in [0.717, 1.165) is 0 Å². The Bertz CT molecular complexity index is 497. The van der Waals surface area contributed by atoms with E-state index in [1.165, 1.54) is 0 Å². The van der Waals surface area contributed by atoms with Gasteiger partial charge in [0, 0.05) is 19.0 Å². The highest BCUT2D eigenvalue weighted by Crippen LogP contribution is 2.26. The number of nitrogens with one attached hydrogen (secondary N) is 1. The fourth-order valence-corrected chi connectivity index (χ4v) is 2.80. The Labute approximate surface area is 132 Å². The second-order valence-electron chi connectivity index (χ2n) is 7.17. The van der Waals surface area contributed by atoms with E-state index < -0.39 is 11.1 Å². The number of carbonyl (C=O) groups is 2. The van der Waals surface area contributed by atoms with Gasteiger partial charge in [-0.05, 0) is 52.8 Å². The summed E-state index contributed by atoms with van der Waals surface area (Å²) in [6.45, 7) is 8.61. The molecule has 1 unspecified atom stereocenters. The molecule has 1 amide bonds. The van der Waals surface area contributed by atoms with Crippen LogP contribution in [0.1, 0.15) is 40.5 Å². The van der Waals surface area contributed by atoms with Crippen molar-refractivity contribution >= 4 is 11.9 Å². The Morgan fingerprint density at radius 3 is 2.36 bits per heavy atom. The molecule has 0 bridgehead atoms. The summed E-state index contributed by atoms with van der Waals surface area (Å²) in [6, 6.07) is 0. The molecule has 5 heteroatoms. The van der Waals surface area contributed by atoms with Crippen LogP contribution < -0.4 is 5.32 Å². The first kappa shape index (κ1) is 16.6. The van der Waals surface area contributed by atoms with Gasteiger partial charge in [0.05, 0.1) is 0 Å². The van der Waals surface area contributed by atoms with Crippen LogP contribution in [0.2, 0.25) is 0 Å². The molecule has 2 heterocycles. The number of ether oxygens (including phenoxy) is 1. The van der Waals surface area contributed by atoms with E-state index in [9.17, 15) is 9.59 Å². The average molecular weight is 306 g/mol. The van der Waals surface area contributed by atoms with E-state index in [0.29, 0.717) is 25.9 Å². The molecule has 0 saturated carbocycles. The Kier molecular flexibility index (Phi) is 4.63. The van der Waals surface area contributed by atoms with Crippen LogP contribution in [0.4, 0.5) is 4.79 Å². The number of piperidine rings is 1. The lowest BCUT2D eigenvalue weighted by atomic mass is 9.81. The minimum absolute atomic E-state index is 0.0210. The second-order valence-corrected chi connectivity index (χ2v) is 7.17. The molecule has 0 aromatic rings. The van der Waals surface area contributed by atoms with Crippen molar-refractivity contribution in [2.24, 2.45) is 5.92 Å². The molecule has 1 fully saturated rings. The van der Waals surface area contributed by atoms with Gasteiger partial charge in [0.15, 0.2) is 5.78 Å². The summed E-state index contributed by atoms with van der Waals surface area (Å²) in [7, 11) is 0. The number of allylic oxidation sites excluding steroid dienone is 2. The highest BCUT2D eigenvalue weighted by Gasteiger charge is 2.38. The standard InChI is InChI=1S/C17H26N2O3/c1-16(2,3)22-15(21)19-11-7-13(8-12-19)14(20)17(4)9-5-6-10-18-17/h5-6,9-10,13,18H,7-8,11-12H2,1-4H3. The second kappa shape index (κ2) is 6.15. The van der Waals surface area contributed by atoms with Crippen LogP contribution in [-0.4, -0.2) is 41.0 Å². The van der Waals surface area contributed by atoms with Crippen molar-refractivity contribution in [2.75, 3.05) is 13.1 Å². The molecule has 122 valence electrons. The average Bonchev–Trinajstić information content (AvgIpc) is 2.45. The minimum Gasteiger partial charge on any atom is -0.444 e. The number of likely N-dealkylation sites (tertiary alicyclic amines) is 1. The molecule has 1 atom stereocenters. The smallest absolute Gasteiger partial charge is 0.410 e. The molecule has 1 N–H and O–H groups in total. The number of carbonyl (C=O) groups excluding carboxylic acids is 2. The highest BCUT2D eigenvalue weighted by molar-refractivity contribution is 5.92. The third kappa shape index (κ3) is 3.90. The molecule has 2 aliphatic heterocycles. The zero-order valence-corrected chi connectivity index (χ0v) is 13.9. The number of ketones is 1. The molecule has 1 saturated heterocycles. The predicted octanol–water partition coefficient (Wildman–Crippen LogP) is 2.63. The first-order chi connectivity index (χ1) is 10.2. The molecule has 0 aromatic heterocycles. The maximum absolute atomic E-state index is 12.7. The number of dihydropyridines is 1. The summed E-state index contributed by atoms with van der Waals surface area (Å²) >= 11 is 0. The molecule has 0 aromatic carbocycles. The molecular weight excluding hydrogens is 280 g/mol. The van der Waals surface area contributed by atoms with Crippen molar-refractivity contribution in [3.63, 3.8) is 0 Å². The van der Waals surface area contributed by atoms with Gasteiger partial charge in [0.2, 0.25) is 0 Å². The van der Waals surface area contributed by atoms with Gasteiger partial charge in [-0.25, -0.2) is 4.79 Å². The summed E-state index contributed by atoms with van der Waals surface area (Å²) < 4.78 is 5.38. The molecule has 2 rings (SSSR count). The zero-order valence-electron chi connectivity index (χ0n) is 13.9. The summed E-state index contributed by atoms with van der Waals surface area (Å²) in [4.78, 5) is 26.4. The highest BCUT2D eigenvalue weighted by atomic mass is 16.6. The number of amides is 1. The molecule has 0 radical (unpaired) electrons. The molecule has 2 aliphatic rings. The lowest BCUT2D eigenvalue weighted by Crippen LogP contribution is -2.52. The SMILES string of the molecule is CC(C)(C)OC(=O)N1CCC(C(=O)C2(C)C=CC=CN2)CC1. The van der Waals surface area contributed by atoms with Gasteiger partial charge in [0.25, 0.3) is 0 Å². The Morgan fingerprint density at radius 1 is 1.23 bits per heavy atom. The number of nitrogens with zero attached hydrogens (tertiary/aromatic N) is 1. The summed E-state index contributed by atoms with van der Waals surface area (Å²) in [5.41, 5.74) is -1.12. The van der Waals surface area contributed by atoms with Gasteiger partial charge in [-0.2, -0.15) is 0 Å². The number of hydrogen-bond acceptors (Lipinski definition) is 4. The van der Waals surface area contributed by atoms with Crippen LogP contribution in [-0.2, 0) is 9.53 Å². The van der Waals surface area contributed by atoms with Crippen molar-refractivity contribution < 1.29 is 14.3 Å². The largest absolute Gasteiger partial charge is 0.444 e. The molecule has 0 aliphatic carbocycles. The van der Waals surface area contributed by atoms with E-state index in [1.807, 2.05) is 45.9 Å². The van der Waals surface area contributed by atoms with E-state index >= 15 is 0 Å². The van der Waals surface area contributed by atoms with Gasteiger partial charge in [-0.3, -0.25) is 4.79 Å². The van der Waals surface area contributed by atoms with Gasteiger partial charge in [0.1, 0.15) is 11.1 Å². The van der Waals surface area contributed by atoms with Crippen molar-refractivity contribution in [2.45, 2.75) is 51.7 Å². The lowest BCUT2D eigenvalue weighted by Gasteiger charge is -2.36. The Hall–Kier alpha value is -1.78. The third-order valence-corrected chi connectivity index (χ3v) is 4.05. The third-order valence-electron chi connectivity index (χ3n) is 4.05. The first-order valence-electron chi connectivity index (χ1n) is 7.86. The van der Waals surface area contributed by atoms with Crippen LogP contribution >= 0.6 is 0 Å². The monoisotopic (exact) mass is 306 g/mol.